The Kier molecular flexibility index (Phi) is 3.15. The Morgan fingerprint density at radius 1 is 1.05 bits per heavy atom. The zero-order valence-corrected chi connectivity index (χ0v) is 12.5. The number of carboxylic acid groups (broad SMARTS) is 1. The minimum atomic E-state index is -0.628. The predicted molar refractivity (Wildman–Crippen MR) is 80.0 cm³/mol. The molecule has 0 unspecified atom stereocenters. The van der Waals surface area contributed by atoms with Crippen molar-refractivity contribution >= 4 is 5.97 Å². The molecule has 0 aromatic heterocycles. The van der Waals surface area contributed by atoms with Crippen molar-refractivity contribution in [1.29, 1.82) is 0 Å². The number of carbonyl (C=O) groups is 1. The van der Waals surface area contributed by atoms with Gasteiger partial charge >= 0.3 is 5.97 Å². The van der Waals surface area contributed by atoms with Crippen LogP contribution in [0.2, 0.25) is 0 Å². The molecular formula is C18H24O2. The zero-order chi connectivity index (χ0) is 14.4. The molecular weight excluding hydrogens is 248 g/mol. The number of carboxylic acids is 1. The number of benzene rings is 1. The first-order valence-corrected chi connectivity index (χ1v) is 7.79. The van der Waals surface area contributed by atoms with Crippen LogP contribution in [0.15, 0.2) is 18.2 Å². The Hall–Kier alpha value is -1.31. The zero-order valence-electron chi connectivity index (χ0n) is 12.5. The largest absolute Gasteiger partial charge is 0.481 e. The monoisotopic (exact) mass is 272 g/mol. The molecule has 0 radical (unpaired) electrons. The highest BCUT2D eigenvalue weighted by Crippen LogP contribution is 2.62. The van der Waals surface area contributed by atoms with E-state index < -0.39 is 11.4 Å². The first-order valence-electron chi connectivity index (χ1n) is 7.79. The van der Waals surface area contributed by atoms with Crippen molar-refractivity contribution in [2.45, 2.75) is 64.2 Å². The number of aliphatic carboxylic acids is 1. The van der Waals surface area contributed by atoms with E-state index in [2.05, 4.69) is 26.0 Å². The van der Waals surface area contributed by atoms with Crippen molar-refractivity contribution < 1.29 is 9.90 Å². The van der Waals surface area contributed by atoms with E-state index in [1.807, 2.05) is 6.07 Å². The van der Waals surface area contributed by atoms with Crippen molar-refractivity contribution in [2.75, 3.05) is 0 Å². The molecule has 1 aromatic rings. The third-order valence-corrected chi connectivity index (χ3v) is 5.74. The van der Waals surface area contributed by atoms with Crippen molar-refractivity contribution in [3.05, 3.63) is 34.9 Å². The summed E-state index contributed by atoms with van der Waals surface area (Å²) in [5.41, 5.74) is 3.17. The van der Waals surface area contributed by atoms with Gasteiger partial charge in [0.15, 0.2) is 0 Å². The minimum Gasteiger partial charge on any atom is -0.481 e. The minimum absolute atomic E-state index is 0.329. The van der Waals surface area contributed by atoms with Crippen molar-refractivity contribution in [3.63, 3.8) is 0 Å². The molecule has 2 nitrogen and oxygen atoms in total. The molecule has 1 aromatic carbocycles. The van der Waals surface area contributed by atoms with Crippen molar-refractivity contribution in [3.8, 4) is 0 Å². The lowest BCUT2D eigenvalue weighted by molar-refractivity contribution is -0.156. The van der Waals surface area contributed by atoms with Crippen LogP contribution in [0.4, 0.5) is 0 Å². The molecule has 20 heavy (non-hydrogen) atoms. The molecule has 2 heteroatoms. The molecule has 0 bridgehead atoms. The summed E-state index contributed by atoms with van der Waals surface area (Å²) in [6, 6.07) is 6.20. The molecule has 1 spiro atoms. The second-order valence-corrected chi connectivity index (χ2v) is 7.10. The smallest absolute Gasteiger partial charge is 0.314 e. The standard InChI is InChI=1S/C18H24O2/c1-13-6-7-15(10-14(13)2)18(16(19)20)11-17(12-18)8-4-3-5-9-17/h6-7,10H,3-5,8-9,11-12H2,1-2H3,(H,19,20). The van der Waals surface area contributed by atoms with Gasteiger partial charge in [-0.25, -0.2) is 0 Å². The van der Waals surface area contributed by atoms with Gasteiger partial charge in [-0.1, -0.05) is 37.5 Å². The molecule has 0 atom stereocenters. The van der Waals surface area contributed by atoms with Crippen LogP contribution in [-0.2, 0) is 10.2 Å². The maximum atomic E-state index is 11.9. The van der Waals surface area contributed by atoms with Crippen LogP contribution >= 0.6 is 0 Å². The number of rotatable bonds is 2. The molecule has 0 saturated heterocycles. The predicted octanol–water partition coefficient (Wildman–Crippen LogP) is 4.37. The van der Waals surface area contributed by atoms with Crippen LogP contribution in [0.1, 0.15) is 61.6 Å². The van der Waals surface area contributed by atoms with Gasteiger partial charge in [0.2, 0.25) is 0 Å². The Labute approximate surface area is 121 Å². The average molecular weight is 272 g/mol. The van der Waals surface area contributed by atoms with E-state index in [9.17, 15) is 9.90 Å². The molecule has 0 aliphatic heterocycles. The van der Waals surface area contributed by atoms with Crippen LogP contribution in [-0.4, -0.2) is 11.1 Å². The lowest BCUT2D eigenvalue weighted by Gasteiger charge is -2.56. The summed E-state index contributed by atoms with van der Waals surface area (Å²) < 4.78 is 0. The van der Waals surface area contributed by atoms with Crippen LogP contribution in [0.5, 0.6) is 0 Å². The number of aryl methyl sites for hydroxylation is 2. The fraction of sp³-hybridized carbons (Fsp3) is 0.611. The fourth-order valence-corrected chi connectivity index (χ4v) is 4.40. The molecule has 2 aliphatic rings. The maximum absolute atomic E-state index is 11.9. The van der Waals surface area contributed by atoms with Gasteiger partial charge in [-0.15, -0.1) is 0 Å². The van der Waals surface area contributed by atoms with Crippen LogP contribution in [0.25, 0.3) is 0 Å². The van der Waals surface area contributed by atoms with Gasteiger partial charge in [-0.05, 0) is 61.6 Å². The van der Waals surface area contributed by atoms with Gasteiger partial charge in [0.25, 0.3) is 0 Å². The summed E-state index contributed by atoms with van der Waals surface area (Å²) in [4.78, 5) is 11.9. The molecule has 0 amide bonds. The summed E-state index contributed by atoms with van der Waals surface area (Å²) in [5, 5.41) is 9.81. The van der Waals surface area contributed by atoms with Gasteiger partial charge in [0.1, 0.15) is 0 Å². The average Bonchev–Trinajstić information content (AvgIpc) is 2.39. The van der Waals surface area contributed by atoms with Crippen LogP contribution in [0.3, 0.4) is 0 Å². The lowest BCUT2D eigenvalue weighted by Crippen LogP contribution is -2.55. The Morgan fingerprint density at radius 3 is 2.25 bits per heavy atom. The molecule has 2 aliphatic carbocycles. The van der Waals surface area contributed by atoms with E-state index in [0.717, 1.165) is 18.4 Å². The molecule has 108 valence electrons. The molecule has 0 heterocycles. The highest BCUT2D eigenvalue weighted by Gasteiger charge is 2.59. The van der Waals surface area contributed by atoms with Gasteiger partial charge in [-0.2, -0.15) is 0 Å². The highest BCUT2D eigenvalue weighted by molar-refractivity contribution is 5.83. The van der Waals surface area contributed by atoms with Crippen molar-refractivity contribution in [2.24, 2.45) is 5.41 Å². The first-order chi connectivity index (χ1) is 9.47. The van der Waals surface area contributed by atoms with Gasteiger partial charge in [0, 0.05) is 0 Å². The number of hydrogen-bond donors (Lipinski definition) is 1. The maximum Gasteiger partial charge on any atom is 0.314 e. The fourth-order valence-electron chi connectivity index (χ4n) is 4.40. The number of hydrogen-bond acceptors (Lipinski definition) is 1. The summed E-state index contributed by atoms with van der Waals surface area (Å²) in [6.07, 6.45) is 8.03. The molecule has 2 saturated carbocycles. The SMILES string of the molecule is Cc1ccc(C2(C(=O)O)CC3(CCCCC3)C2)cc1C. The van der Waals surface area contributed by atoms with E-state index >= 15 is 0 Å². The Bertz CT molecular complexity index is 530. The van der Waals surface area contributed by atoms with Crippen molar-refractivity contribution in [1.82, 2.24) is 0 Å². The van der Waals surface area contributed by atoms with Crippen LogP contribution < -0.4 is 0 Å². The summed E-state index contributed by atoms with van der Waals surface area (Å²) >= 11 is 0. The van der Waals surface area contributed by atoms with E-state index in [1.54, 1.807) is 0 Å². The van der Waals surface area contributed by atoms with Gasteiger partial charge < -0.3 is 5.11 Å². The summed E-state index contributed by atoms with van der Waals surface area (Å²) in [6.45, 7) is 4.15. The van der Waals surface area contributed by atoms with E-state index in [4.69, 9.17) is 0 Å². The lowest BCUT2D eigenvalue weighted by atomic mass is 9.46. The van der Waals surface area contributed by atoms with E-state index in [0.29, 0.717) is 5.41 Å². The first kappa shape index (κ1) is 13.7. The van der Waals surface area contributed by atoms with E-state index in [1.165, 1.54) is 43.2 Å². The topological polar surface area (TPSA) is 37.3 Å². The third-order valence-electron chi connectivity index (χ3n) is 5.74. The Morgan fingerprint density at radius 2 is 1.70 bits per heavy atom. The highest BCUT2D eigenvalue weighted by atomic mass is 16.4. The van der Waals surface area contributed by atoms with Gasteiger partial charge in [-0.3, -0.25) is 4.79 Å². The second-order valence-electron chi connectivity index (χ2n) is 7.10. The van der Waals surface area contributed by atoms with Gasteiger partial charge in [0.05, 0.1) is 5.41 Å². The third kappa shape index (κ3) is 1.97. The molecule has 2 fully saturated rings. The second kappa shape index (κ2) is 4.61. The Balaban J connectivity index is 1.91. The molecule has 3 rings (SSSR count). The quantitative estimate of drug-likeness (QED) is 0.868. The molecule has 1 N–H and O–H groups in total. The summed E-state index contributed by atoms with van der Waals surface area (Å²) in [7, 11) is 0. The van der Waals surface area contributed by atoms with E-state index in [-0.39, 0.29) is 0 Å². The summed E-state index contributed by atoms with van der Waals surface area (Å²) in [5.74, 6) is -0.628. The van der Waals surface area contributed by atoms with Crippen LogP contribution in [0, 0.1) is 19.3 Å². The normalized spacial score (nSPS) is 23.3.